The van der Waals surface area contributed by atoms with Crippen LogP contribution in [0.4, 0.5) is 9.59 Å². The number of nitrogens with one attached hydrogen (secondary N) is 1. The molecule has 1 aliphatic heterocycles. The van der Waals surface area contributed by atoms with Gasteiger partial charge in [0.1, 0.15) is 5.60 Å². The Morgan fingerprint density at radius 3 is 2.37 bits per heavy atom. The van der Waals surface area contributed by atoms with Crippen LogP contribution in [-0.2, 0) is 4.74 Å². The highest BCUT2D eigenvalue weighted by atomic mass is 16.6. The molecule has 0 aliphatic carbocycles. The first kappa shape index (κ1) is 15.6. The van der Waals surface area contributed by atoms with Crippen LogP contribution in [0.5, 0.6) is 0 Å². The van der Waals surface area contributed by atoms with Gasteiger partial charge in [-0.25, -0.2) is 9.59 Å². The number of alkyl carbamates (subject to hydrolysis) is 1. The third-order valence-corrected chi connectivity index (χ3v) is 3.15. The Morgan fingerprint density at radius 1 is 1.32 bits per heavy atom. The Kier molecular flexibility index (Phi) is 5.44. The van der Waals surface area contributed by atoms with E-state index in [2.05, 4.69) is 5.32 Å². The lowest BCUT2D eigenvalue weighted by molar-refractivity contribution is 0.0523. The quantitative estimate of drug-likeness (QED) is 0.819. The molecule has 0 unspecified atom stereocenters. The molecule has 0 saturated carbocycles. The number of ether oxygens (including phenoxy) is 1. The van der Waals surface area contributed by atoms with Crippen LogP contribution < -0.4 is 11.1 Å². The molecular formula is C13H25N3O3. The second-order valence-corrected chi connectivity index (χ2v) is 5.99. The molecule has 3 amide bonds. The molecule has 3 N–H and O–H groups in total. The van der Waals surface area contributed by atoms with E-state index < -0.39 is 5.60 Å². The van der Waals surface area contributed by atoms with E-state index in [0.717, 1.165) is 19.3 Å². The van der Waals surface area contributed by atoms with Gasteiger partial charge >= 0.3 is 12.1 Å². The molecule has 1 heterocycles. The van der Waals surface area contributed by atoms with Crippen LogP contribution >= 0.6 is 0 Å². The lowest BCUT2D eigenvalue weighted by Gasteiger charge is -2.30. The first-order valence-corrected chi connectivity index (χ1v) is 6.79. The predicted molar refractivity (Wildman–Crippen MR) is 72.7 cm³/mol. The molecule has 0 aromatic carbocycles. The smallest absolute Gasteiger partial charge is 0.407 e. The molecule has 1 aliphatic rings. The summed E-state index contributed by atoms with van der Waals surface area (Å²) in [4.78, 5) is 24.1. The van der Waals surface area contributed by atoms with Crippen molar-refractivity contribution >= 4 is 12.1 Å². The Balaban J connectivity index is 2.14. The minimum Gasteiger partial charge on any atom is -0.444 e. The molecule has 19 heavy (non-hydrogen) atoms. The molecule has 0 bridgehead atoms. The van der Waals surface area contributed by atoms with E-state index in [1.54, 1.807) is 4.90 Å². The molecule has 0 aromatic heterocycles. The topological polar surface area (TPSA) is 84.7 Å². The zero-order chi connectivity index (χ0) is 14.5. The molecule has 0 radical (unpaired) electrons. The average Bonchev–Trinajstić information content (AvgIpc) is 2.27. The van der Waals surface area contributed by atoms with E-state index in [0.29, 0.717) is 25.6 Å². The molecule has 0 atom stereocenters. The second kappa shape index (κ2) is 6.63. The van der Waals surface area contributed by atoms with Gasteiger partial charge in [-0.15, -0.1) is 0 Å². The number of carbonyl (C=O) groups excluding carboxylic acids is 2. The summed E-state index contributed by atoms with van der Waals surface area (Å²) in [5, 5.41) is 2.75. The van der Waals surface area contributed by atoms with Gasteiger partial charge in [0.15, 0.2) is 0 Å². The minimum atomic E-state index is -0.461. The van der Waals surface area contributed by atoms with Crippen LogP contribution in [0.2, 0.25) is 0 Å². The highest BCUT2D eigenvalue weighted by molar-refractivity contribution is 5.72. The molecule has 6 nitrogen and oxygen atoms in total. The largest absolute Gasteiger partial charge is 0.444 e. The third kappa shape index (κ3) is 6.31. The van der Waals surface area contributed by atoms with Gasteiger partial charge in [0.2, 0.25) is 0 Å². The van der Waals surface area contributed by atoms with Crippen molar-refractivity contribution < 1.29 is 14.3 Å². The lowest BCUT2D eigenvalue weighted by Crippen LogP contribution is -2.42. The Hall–Kier alpha value is -1.46. The summed E-state index contributed by atoms with van der Waals surface area (Å²) in [6.45, 7) is 7.55. The van der Waals surface area contributed by atoms with Crippen molar-refractivity contribution in [3.05, 3.63) is 0 Å². The van der Waals surface area contributed by atoms with Crippen molar-refractivity contribution in [2.75, 3.05) is 19.6 Å². The van der Waals surface area contributed by atoms with E-state index in [9.17, 15) is 9.59 Å². The van der Waals surface area contributed by atoms with Gasteiger partial charge < -0.3 is 20.7 Å². The summed E-state index contributed by atoms with van der Waals surface area (Å²) < 4.78 is 5.16. The van der Waals surface area contributed by atoms with Crippen molar-refractivity contribution in [1.29, 1.82) is 0 Å². The number of hydrogen-bond donors (Lipinski definition) is 2. The van der Waals surface area contributed by atoms with E-state index in [-0.39, 0.29) is 12.1 Å². The number of likely N-dealkylation sites (tertiary alicyclic amines) is 1. The van der Waals surface area contributed by atoms with E-state index in [4.69, 9.17) is 10.5 Å². The normalized spacial score (nSPS) is 17.1. The van der Waals surface area contributed by atoms with E-state index >= 15 is 0 Å². The first-order chi connectivity index (χ1) is 8.78. The fourth-order valence-electron chi connectivity index (χ4n) is 2.13. The van der Waals surface area contributed by atoms with Gasteiger partial charge in [-0.1, -0.05) is 0 Å². The van der Waals surface area contributed by atoms with Crippen LogP contribution in [0.1, 0.15) is 40.0 Å². The predicted octanol–water partition coefficient (Wildman–Crippen LogP) is 1.69. The zero-order valence-electron chi connectivity index (χ0n) is 12.1. The number of hydrogen-bond acceptors (Lipinski definition) is 3. The van der Waals surface area contributed by atoms with Gasteiger partial charge in [-0.3, -0.25) is 0 Å². The zero-order valence-corrected chi connectivity index (χ0v) is 12.1. The van der Waals surface area contributed by atoms with Gasteiger partial charge in [0.25, 0.3) is 0 Å². The average molecular weight is 271 g/mol. The molecule has 1 fully saturated rings. The Morgan fingerprint density at radius 2 is 1.89 bits per heavy atom. The Bertz CT molecular complexity index is 318. The van der Waals surface area contributed by atoms with Gasteiger partial charge in [-0.05, 0) is 46.0 Å². The third-order valence-electron chi connectivity index (χ3n) is 3.15. The fraction of sp³-hybridized carbons (Fsp3) is 0.846. The summed E-state index contributed by atoms with van der Waals surface area (Å²) >= 11 is 0. The van der Waals surface area contributed by atoms with Gasteiger partial charge in [0.05, 0.1) is 0 Å². The summed E-state index contributed by atoms with van der Waals surface area (Å²) in [6, 6.07) is -0.342. The lowest BCUT2D eigenvalue weighted by atomic mass is 9.94. The number of rotatable bonds is 3. The number of urea groups is 1. The number of primary amides is 1. The number of carbonyl (C=O) groups is 2. The molecular weight excluding hydrogens is 246 g/mol. The van der Waals surface area contributed by atoms with Gasteiger partial charge in [0, 0.05) is 19.6 Å². The maximum Gasteiger partial charge on any atom is 0.407 e. The van der Waals surface area contributed by atoms with Crippen molar-refractivity contribution in [3.63, 3.8) is 0 Å². The minimum absolute atomic E-state index is 0.342. The molecule has 6 heteroatoms. The summed E-state index contributed by atoms with van der Waals surface area (Å²) in [5.74, 6) is 0.533. The van der Waals surface area contributed by atoms with E-state index in [1.165, 1.54) is 0 Å². The van der Waals surface area contributed by atoms with Crippen LogP contribution in [0.3, 0.4) is 0 Å². The number of nitrogens with zero attached hydrogens (tertiary/aromatic N) is 1. The molecule has 1 saturated heterocycles. The summed E-state index contributed by atoms with van der Waals surface area (Å²) in [5.41, 5.74) is 4.76. The first-order valence-electron chi connectivity index (χ1n) is 6.79. The van der Waals surface area contributed by atoms with Crippen LogP contribution in [-0.4, -0.2) is 42.3 Å². The molecule has 0 aromatic rings. The molecule has 110 valence electrons. The molecule has 1 rings (SSSR count). The maximum absolute atomic E-state index is 11.4. The van der Waals surface area contributed by atoms with Crippen molar-refractivity contribution in [3.8, 4) is 0 Å². The van der Waals surface area contributed by atoms with Crippen molar-refractivity contribution in [1.82, 2.24) is 10.2 Å². The standard InChI is InChI=1S/C13H25N3O3/c1-13(2,3)19-12(18)15-7-4-10-5-8-16(9-6-10)11(14)17/h10H,4-9H2,1-3H3,(H2,14,17)(H,15,18). The number of amides is 3. The highest BCUT2D eigenvalue weighted by Gasteiger charge is 2.21. The van der Waals surface area contributed by atoms with Crippen molar-refractivity contribution in [2.24, 2.45) is 11.7 Å². The fourth-order valence-corrected chi connectivity index (χ4v) is 2.13. The van der Waals surface area contributed by atoms with Crippen LogP contribution in [0.25, 0.3) is 0 Å². The molecule has 0 spiro atoms. The van der Waals surface area contributed by atoms with E-state index in [1.807, 2.05) is 20.8 Å². The van der Waals surface area contributed by atoms with Crippen LogP contribution in [0.15, 0.2) is 0 Å². The SMILES string of the molecule is CC(C)(C)OC(=O)NCCC1CCN(C(N)=O)CC1. The summed E-state index contributed by atoms with van der Waals surface area (Å²) in [6.07, 6.45) is 2.42. The Labute approximate surface area is 114 Å². The van der Waals surface area contributed by atoms with Crippen LogP contribution in [0, 0.1) is 5.92 Å². The monoisotopic (exact) mass is 271 g/mol. The summed E-state index contributed by atoms with van der Waals surface area (Å²) in [7, 11) is 0. The van der Waals surface area contributed by atoms with Gasteiger partial charge in [-0.2, -0.15) is 0 Å². The highest BCUT2D eigenvalue weighted by Crippen LogP contribution is 2.19. The maximum atomic E-state index is 11.4. The number of nitrogens with two attached hydrogens (primary N) is 1. The van der Waals surface area contributed by atoms with Crippen molar-refractivity contribution in [2.45, 2.75) is 45.6 Å². The number of piperidine rings is 1. The second-order valence-electron chi connectivity index (χ2n) is 5.99.